The molecule has 2 N–H and O–H groups in total. The van der Waals surface area contributed by atoms with Crippen molar-refractivity contribution in [2.45, 2.75) is 78.6 Å². The van der Waals surface area contributed by atoms with Crippen LogP contribution in [0.5, 0.6) is 0 Å². The average Bonchev–Trinajstić information content (AvgIpc) is 2.15. The zero-order chi connectivity index (χ0) is 14.5. The molecule has 0 aromatic heterocycles. The van der Waals surface area contributed by atoms with Crippen LogP contribution in [0.1, 0.15) is 54.9 Å². The minimum atomic E-state index is -0.865. The highest BCUT2D eigenvalue weighted by molar-refractivity contribution is 5.78. The molecule has 2 unspecified atom stereocenters. The molecule has 0 aliphatic rings. The lowest BCUT2D eigenvalue weighted by Crippen LogP contribution is -2.56. The standard InChI is InChI=1S/C14H30N2O2/c1-8-16(11(4)5)12(6)9-14(7,13(17)18)15-10(2)3/h10-12,15H,8-9H2,1-7H3,(H,17,18). The van der Waals surface area contributed by atoms with Crippen LogP contribution in [-0.4, -0.2) is 46.2 Å². The van der Waals surface area contributed by atoms with Crippen molar-refractivity contribution in [3.05, 3.63) is 0 Å². The zero-order valence-electron chi connectivity index (χ0n) is 12.9. The second-order valence-corrected chi connectivity index (χ2v) is 5.91. The highest BCUT2D eigenvalue weighted by atomic mass is 16.4. The molecule has 4 nitrogen and oxygen atoms in total. The molecule has 108 valence electrons. The van der Waals surface area contributed by atoms with Gasteiger partial charge in [0.2, 0.25) is 0 Å². The first kappa shape index (κ1) is 17.4. The third-order valence-corrected chi connectivity index (χ3v) is 3.38. The van der Waals surface area contributed by atoms with Crippen molar-refractivity contribution >= 4 is 5.97 Å². The largest absolute Gasteiger partial charge is 0.480 e. The van der Waals surface area contributed by atoms with Crippen molar-refractivity contribution in [2.24, 2.45) is 0 Å². The molecule has 0 radical (unpaired) electrons. The van der Waals surface area contributed by atoms with Gasteiger partial charge < -0.3 is 5.11 Å². The van der Waals surface area contributed by atoms with Gasteiger partial charge in [0.15, 0.2) is 0 Å². The number of aliphatic carboxylic acids is 1. The second kappa shape index (κ2) is 7.10. The van der Waals surface area contributed by atoms with Gasteiger partial charge in [-0.1, -0.05) is 6.92 Å². The summed E-state index contributed by atoms with van der Waals surface area (Å²) >= 11 is 0. The van der Waals surface area contributed by atoms with Crippen molar-refractivity contribution in [3.8, 4) is 0 Å². The maximum absolute atomic E-state index is 11.5. The highest BCUT2D eigenvalue weighted by Crippen LogP contribution is 2.19. The van der Waals surface area contributed by atoms with Gasteiger partial charge in [-0.2, -0.15) is 0 Å². The molecule has 0 spiro atoms. The Labute approximate surface area is 112 Å². The number of hydrogen-bond acceptors (Lipinski definition) is 3. The summed E-state index contributed by atoms with van der Waals surface area (Å²) in [5, 5.41) is 12.6. The quantitative estimate of drug-likeness (QED) is 0.701. The molecule has 0 aromatic carbocycles. The molecule has 18 heavy (non-hydrogen) atoms. The lowest BCUT2D eigenvalue weighted by Gasteiger charge is -2.37. The molecular weight excluding hydrogens is 228 g/mol. The van der Waals surface area contributed by atoms with Crippen LogP contribution in [0.25, 0.3) is 0 Å². The fraction of sp³-hybridized carbons (Fsp3) is 0.929. The van der Waals surface area contributed by atoms with Crippen LogP contribution in [0.2, 0.25) is 0 Å². The van der Waals surface area contributed by atoms with Crippen molar-refractivity contribution in [1.82, 2.24) is 10.2 Å². The fourth-order valence-corrected chi connectivity index (χ4v) is 2.74. The Morgan fingerprint density at radius 1 is 1.28 bits per heavy atom. The van der Waals surface area contributed by atoms with Crippen molar-refractivity contribution in [1.29, 1.82) is 0 Å². The van der Waals surface area contributed by atoms with Gasteiger partial charge in [0.05, 0.1) is 0 Å². The fourth-order valence-electron chi connectivity index (χ4n) is 2.74. The van der Waals surface area contributed by atoms with Crippen LogP contribution in [0.3, 0.4) is 0 Å². The van der Waals surface area contributed by atoms with Gasteiger partial charge in [0.1, 0.15) is 5.54 Å². The van der Waals surface area contributed by atoms with Gasteiger partial charge in [-0.05, 0) is 54.5 Å². The summed E-state index contributed by atoms with van der Waals surface area (Å²) in [5.41, 5.74) is -0.865. The molecule has 0 aromatic rings. The molecule has 0 saturated heterocycles. The number of hydrogen-bond donors (Lipinski definition) is 2. The normalized spacial score (nSPS) is 17.2. The molecule has 0 aliphatic heterocycles. The lowest BCUT2D eigenvalue weighted by molar-refractivity contribution is -0.145. The van der Waals surface area contributed by atoms with E-state index in [1.165, 1.54) is 0 Å². The Morgan fingerprint density at radius 2 is 1.78 bits per heavy atom. The molecule has 0 saturated carbocycles. The predicted molar refractivity (Wildman–Crippen MR) is 75.9 cm³/mol. The van der Waals surface area contributed by atoms with E-state index in [1.54, 1.807) is 6.92 Å². The molecular formula is C14H30N2O2. The minimum Gasteiger partial charge on any atom is -0.480 e. The summed E-state index contributed by atoms with van der Waals surface area (Å²) in [6.45, 7) is 15.2. The average molecular weight is 258 g/mol. The Balaban J connectivity index is 4.82. The van der Waals surface area contributed by atoms with Crippen molar-refractivity contribution < 1.29 is 9.90 Å². The van der Waals surface area contributed by atoms with E-state index < -0.39 is 11.5 Å². The summed E-state index contributed by atoms with van der Waals surface area (Å²) in [4.78, 5) is 13.8. The minimum absolute atomic E-state index is 0.160. The molecule has 0 amide bonds. The van der Waals surface area contributed by atoms with Crippen LogP contribution in [0, 0.1) is 0 Å². The summed E-state index contributed by atoms with van der Waals surface area (Å²) in [6, 6.07) is 0.830. The Kier molecular flexibility index (Phi) is 6.86. The number of carbonyl (C=O) groups is 1. The maximum Gasteiger partial charge on any atom is 0.323 e. The molecule has 0 aliphatic carbocycles. The van der Waals surface area contributed by atoms with Gasteiger partial charge in [0.25, 0.3) is 0 Å². The van der Waals surface area contributed by atoms with E-state index >= 15 is 0 Å². The zero-order valence-corrected chi connectivity index (χ0v) is 12.9. The molecule has 0 heterocycles. The van der Waals surface area contributed by atoms with Crippen LogP contribution < -0.4 is 5.32 Å². The summed E-state index contributed by atoms with van der Waals surface area (Å²) in [7, 11) is 0. The first-order chi connectivity index (χ1) is 8.14. The summed E-state index contributed by atoms with van der Waals surface area (Å²) < 4.78 is 0. The predicted octanol–water partition coefficient (Wildman–Crippen LogP) is 2.34. The van der Waals surface area contributed by atoms with Gasteiger partial charge in [-0.15, -0.1) is 0 Å². The van der Waals surface area contributed by atoms with E-state index in [2.05, 4.69) is 37.9 Å². The molecule has 0 rings (SSSR count). The summed E-state index contributed by atoms with van der Waals surface area (Å²) in [6.07, 6.45) is 0.604. The molecule has 0 bridgehead atoms. The first-order valence-electron chi connectivity index (χ1n) is 6.90. The van der Waals surface area contributed by atoms with E-state index in [-0.39, 0.29) is 12.1 Å². The first-order valence-corrected chi connectivity index (χ1v) is 6.90. The van der Waals surface area contributed by atoms with Gasteiger partial charge in [-0.25, -0.2) is 0 Å². The molecule has 4 heteroatoms. The molecule has 0 fully saturated rings. The topological polar surface area (TPSA) is 52.6 Å². The van der Waals surface area contributed by atoms with E-state index in [9.17, 15) is 9.90 Å². The van der Waals surface area contributed by atoms with Gasteiger partial charge in [0, 0.05) is 18.1 Å². The highest BCUT2D eigenvalue weighted by Gasteiger charge is 2.36. The van der Waals surface area contributed by atoms with Gasteiger partial charge in [-0.3, -0.25) is 15.0 Å². The van der Waals surface area contributed by atoms with Crippen molar-refractivity contribution in [3.63, 3.8) is 0 Å². The molecule has 2 atom stereocenters. The van der Waals surface area contributed by atoms with Gasteiger partial charge >= 0.3 is 5.97 Å². The number of nitrogens with zero attached hydrogens (tertiary/aromatic N) is 1. The lowest BCUT2D eigenvalue weighted by atomic mass is 9.91. The van der Waals surface area contributed by atoms with E-state index in [1.807, 2.05) is 13.8 Å². The Bertz CT molecular complexity index is 267. The van der Waals surface area contributed by atoms with E-state index in [4.69, 9.17) is 0 Å². The van der Waals surface area contributed by atoms with Crippen LogP contribution in [0.4, 0.5) is 0 Å². The van der Waals surface area contributed by atoms with Crippen molar-refractivity contribution in [2.75, 3.05) is 6.54 Å². The van der Waals surface area contributed by atoms with Crippen LogP contribution in [0.15, 0.2) is 0 Å². The second-order valence-electron chi connectivity index (χ2n) is 5.91. The van der Waals surface area contributed by atoms with Crippen LogP contribution >= 0.6 is 0 Å². The van der Waals surface area contributed by atoms with Crippen LogP contribution in [-0.2, 0) is 4.79 Å². The smallest absolute Gasteiger partial charge is 0.323 e. The van der Waals surface area contributed by atoms with E-state index in [0.717, 1.165) is 6.54 Å². The third-order valence-electron chi connectivity index (χ3n) is 3.38. The number of nitrogens with one attached hydrogen (secondary N) is 1. The number of carboxylic acid groups (broad SMARTS) is 1. The SMILES string of the molecule is CCN(C(C)C)C(C)CC(C)(NC(C)C)C(=O)O. The Morgan fingerprint density at radius 3 is 2.06 bits per heavy atom. The Hall–Kier alpha value is -0.610. The van der Waals surface area contributed by atoms with E-state index in [0.29, 0.717) is 12.5 Å². The third kappa shape index (κ3) is 4.94. The summed E-state index contributed by atoms with van der Waals surface area (Å²) in [5.74, 6) is -0.775. The number of carboxylic acids is 1. The number of rotatable bonds is 8. The monoisotopic (exact) mass is 258 g/mol. The maximum atomic E-state index is 11.5.